The predicted molar refractivity (Wildman–Crippen MR) is 119 cm³/mol. The molecule has 6 nitrogen and oxygen atoms in total. The summed E-state index contributed by atoms with van der Waals surface area (Å²) in [6, 6.07) is 4.92. The number of likely N-dealkylation sites (N-methyl/N-ethyl adjacent to an activating group) is 1. The smallest absolute Gasteiger partial charge is 0.246 e. The molecule has 0 fully saturated rings. The minimum absolute atomic E-state index is 0.0335. The quantitative estimate of drug-likeness (QED) is 0.629. The number of aryl methyl sites for hydroxylation is 1. The number of hydrogen-bond acceptors (Lipinski definition) is 6. The van der Waals surface area contributed by atoms with Crippen molar-refractivity contribution in [2.24, 2.45) is 0 Å². The van der Waals surface area contributed by atoms with Gasteiger partial charge in [-0.1, -0.05) is 6.08 Å². The Kier molecular flexibility index (Phi) is 5.78. The Morgan fingerprint density at radius 3 is 2.97 bits per heavy atom. The number of aromatic nitrogens is 2. The molecule has 156 valence electrons. The van der Waals surface area contributed by atoms with E-state index in [-0.39, 0.29) is 11.7 Å². The summed E-state index contributed by atoms with van der Waals surface area (Å²) in [7, 11) is 3.94. The van der Waals surface area contributed by atoms with E-state index in [4.69, 9.17) is 0 Å². The van der Waals surface area contributed by atoms with Crippen LogP contribution in [0.1, 0.15) is 16.0 Å². The van der Waals surface area contributed by atoms with Crippen LogP contribution in [-0.4, -0.2) is 52.9 Å². The highest BCUT2D eigenvalue weighted by molar-refractivity contribution is 7.19. The lowest BCUT2D eigenvalue weighted by Gasteiger charge is -2.26. The van der Waals surface area contributed by atoms with Crippen molar-refractivity contribution in [3.05, 3.63) is 58.5 Å². The first kappa shape index (κ1) is 20.4. The Morgan fingerprint density at radius 2 is 2.20 bits per heavy atom. The Balaban J connectivity index is 1.59. The Hall–Kier alpha value is -2.84. The van der Waals surface area contributed by atoms with Gasteiger partial charge in [0.15, 0.2) is 0 Å². The Bertz CT molecular complexity index is 1120. The second-order valence-electron chi connectivity index (χ2n) is 7.67. The van der Waals surface area contributed by atoms with Gasteiger partial charge in [0.25, 0.3) is 0 Å². The SMILES string of the molecule is Cc1cc(Nc2ncnc3sc4c(c23)CCN(C(=O)C=CCN(C)C)C4)ccc1F. The van der Waals surface area contributed by atoms with E-state index < -0.39 is 0 Å². The highest BCUT2D eigenvalue weighted by atomic mass is 32.1. The highest BCUT2D eigenvalue weighted by Gasteiger charge is 2.25. The van der Waals surface area contributed by atoms with Crippen molar-refractivity contribution in [1.82, 2.24) is 19.8 Å². The van der Waals surface area contributed by atoms with Gasteiger partial charge >= 0.3 is 0 Å². The van der Waals surface area contributed by atoms with Gasteiger partial charge in [0.1, 0.15) is 22.8 Å². The number of carbonyl (C=O) groups excluding carboxylic acids is 1. The first-order valence-electron chi connectivity index (χ1n) is 9.81. The number of hydrogen-bond donors (Lipinski definition) is 1. The molecule has 1 aliphatic heterocycles. The molecule has 0 unspecified atom stereocenters. The third kappa shape index (κ3) is 4.20. The summed E-state index contributed by atoms with van der Waals surface area (Å²) in [4.78, 5) is 27.3. The summed E-state index contributed by atoms with van der Waals surface area (Å²) in [5.74, 6) is 0.519. The zero-order valence-electron chi connectivity index (χ0n) is 17.3. The van der Waals surface area contributed by atoms with E-state index in [1.807, 2.05) is 30.0 Å². The molecule has 1 aromatic carbocycles. The minimum atomic E-state index is -0.231. The Labute approximate surface area is 179 Å². The number of carbonyl (C=O) groups is 1. The molecule has 0 saturated heterocycles. The largest absolute Gasteiger partial charge is 0.340 e. The number of thiophene rings is 1. The fourth-order valence-electron chi connectivity index (χ4n) is 3.54. The van der Waals surface area contributed by atoms with Crippen LogP contribution in [0.25, 0.3) is 10.2 Å². The van der Waals surface area contributed by atoms with E-state index in [0.29, 0.717) is 24.5 Å². The molecule has 0 atom stereocenters. The van der Waals surface area contributed by atoms with Gasteiger partial charge < -0.3 is 15.1 Å². The molecule has 1 aliphatic rings. The summed E-state index contributed by atoms with van der Waals surface area (Å²) < 4.78 is 13.6. The monoisotopic (exact) mass is 425 g/mol. The maximum atomic E-state index is 13.6. The second-order valence-corrected chi connectivity index (χ2v) is 8.75. The summed E-state index contributed by atoms with van der Waals surface area (Å²) in [6.45, 7) is 3.72. The summed E-state index contributed by atoms with van der Waals surface area (Å²) in [6.07, 6.45) is 5.84. The van der Waals surface area contributed by atoms with Gasteiger partial charge in [-0.15, -0.1) is 11.3 Å². The van der Waals surface area contributed by atoms with Gasteiger partial charge in [-0.3, -0.25) is 4.79 Å². The highest BCUT2D eigenvalue weighted by Crippen LogP contribution is 2.38. The topological polar surface area (TPSA) is 61.4 Å². The lowest BCUT2D eigenvalue weighted by atomic mass is 10.0. The van der Waals surface area contributed by atoms with E-state index in [9.17, 15) is 9.18 Å². The van der Waals surface area contributed by atoms with Crippen molar-refractivity contribution >= 4 is 39.0 Å². The molecule has 8 heteroatoms. The van der Waals surface area contributed by atoms with Crippen LogP contribution >= 0.6 is 11.3 Å². The molecule has 1 N–H and O–H groups in total. The normalized spacial score (nSPS) is 14.0. The molecular formula is C22H24FN5OS. The van der Waals surface area contributed by atoms with Crippen molar-refractivity contribution < 1.29 is 9.18 Å². The number of nitrogens with one attached hydrogen (secondary N) is 1. The molecule has 2 aromatic heterocycles. The van der Waals surface area contributed by atoms with E-state index in [1.54, 1.807) is 36.5 Å². The third-order valence-corrected chi connectivity index (χ3v) is 6.23. The fourth-order valence-corrected chi connectivity index (χ4v) is 4.74. The fraction of sp³-hybridized carbons (Fsp3) is 0.318. The average molecular weight is 426 g/mol. The van der Waals surface area contributed by atoms with Crippen LogP contribution in [0.5, 0.6) is 0 Å². The molecular weight excluding hydrogens is 401 g/mol. The van der Waals surface area contributed by atoms with E-state index >= 15 is 0 Å². The van der Waals surface area contributed by atoms with Gasteiger partial charge in [-0.05, 0) is 56.8 Å². The average Bonchev–Trinajstić information content (AvgIpc) is 3.09. The van der Waals surface area contributed by atoms with Crippen molar-refractivity contribution in [2.75, 3.05) is 32.5 Å². The number of rotatable bonds is 5. The maximum absolute atomic E-state index is 13.6. The molecule has 3 aromatic rings. The lowest BCUT2D eigenvalue weighted by Crippen LogP contribution is -2.34. The van der Waals surface area contributed by atoms with E-state index in [2.05, 4.69) is 15.3 Å². The molecule has 0 aliphatic carbocycles. The number of halogens is 1. The number of anilines is 2. The number of nitrogens with zero attached hydrogens (tertiary/aromatic N) is 4. The third-order valence-electron chi connectivity index (χ3n) is 5.10. The van der Waals surface area contributed by atoms with Crippen LogP contribution in [0.4, 0.5) is 15.9 Å². The maximum Gasteiger partial charge on any atom is 0.246 e. The summed E-state index contributed by atoms with van der Waals surface area (Å²) in [5.41, 5.74) is 2.56. The van der Waals surface area contributed by atoms with Crippen LogP contribution < -0.4 is 5.32 Å². The molecule has 3 heterocycles. The standard InChI is InChI=1S/C22H24FN5OS/c1-14-11-15(6-7-17(14)23)26-21-20-16-8-10-28(19(29)5-4-9-27(2)3)12-18(16)30-22(20)25-13-24-21/h4-7,11,13H,8-10,12H2,1-3H3,(H,24,25,26). The lowest BCUT2D eigenvalue weighted by molar-refractivity contribution is -0.126. The number of fused-ring (bicyclic) bond motifs is 3. The Morgan fingerprint density at radius 1 is 1.37 bits per heavy atom. The van der Waals surface area contributed by atoms with Crippen LogP contribution in [0.15, 0.2) is 36.7 Å². The van der Waals surface area contributed by atoms with Crippen molar-refractivity contribution in [1.29, 1.82) is 0 Å². The van der Waals surface area contributed by atoms with Crippen LogP contribution in [0.3, 0.4) is 0 Å². The van der Waals surface area contributed by atoms with Crippen LogP contribution in [-0.2, 0) is 17.8 Å². The van der Waals surface area contributed by atoms with Gasteiger partial charge in [0.05, 0.1) is 11.9 Å². The second kappa shape index (κ2) is 8.49. The molecule has 30 heavy (non-hydrogen) atoms. The van der Waals surface area contributed by atoms with Crippen LogP contribution in [0.2, 0.25) is 0 Å². The number of benzene rings is 1. The first-order valence-corrected chi connectivity index (χ1v) is 10.6. The summed E-state index contributed by atoms with van der Waals surface area (Å²) in [5, 5.41) is 4.31. The molecule has 4 rings (SSSR count). The predicted octanol–water partition coefficient (Wildman–Crippen LogP) is 3.88. The molecule has 0 spiro atoms. The molecule has 0 radical (unpaired) electrons. The van der Waals surface area contributed by atoms with Crippen LogP contribution in [0, 0.1) is 12.7 Å². The first-order chi connectivity index (χ1) is 14.4. The van der Waals surface area contributed by atoms with E-state index in [1.165, 1.54) is 18.0 Å². The molecule has 0 bridgehead atoms. The molecule has 1 amide bonds. The minimum Gasteiger partial charge on any atom is -0.340 e. The zero-order valence-corrected chi connectivity index (χ0v) is 18.1. The van der Waals surface area contributed by atoms with Gasteiger partial charge in [0, 0.05) is 29.7 Å². The van der Waals surface area contributed by atoms with Gasteiger partial charge in [0.2, 0.25) is 5.91 Å². The van der Waals surface area contributed by atoms with Crippen molar-refractivity contribution in [2.45, 2.75) is 19.9 Å². The zero-order chi connectivity index (χ0) is 21.3. The van der Waals surface area contributed by atoms with Crippen molar-refractivity contribution in [3.63, 3.8) is 0 Å². The summed E-state index contributed by atoms with van der Waals surface area (Å²) >= 11 is 1.60. The van der Waals surface area contributed by atoms with Crippen molar-refractivity contribution in [3.8, 4) is 0 Å². The van der Waals surface area contributed by atoms with Gasteiger partial charge in [-0.25, -0.2) is 14.4 Å². The molecule has 0 saturated carbocycles. The number of amides is 1. The van der Waals surface area contributed by atoms with E-state index in [0.717, 1.165) is 33.7 Å². The van der Waals surface area contributed by atoms with Gasteiger partial charge in [-0.2, -0.15) is 0 Å².